The van der Waals surface area contributed by atoms with Gasteiger partial charge < -0.3 is 9.32 Å². The highest BCUT2D eigenvalue weighted by Crippen LogP contribution is 2.14. The summed E-state index contributed by atoms with van der Waals surface area (Å²) >= 11 is 1.41. The largest absolute Gasteiger partial charge is 0.467 e. The van der Waals surface area contributed by atoms with Crippen LogP contribution in [0.2, 0.25) is 0 Å². The van der Waals surface area contributed by atoms with Crippen molar-refractivity contribution in [2.75, 3.05) is 0 Å². The molecule has 1 aromatic carbocycles. The standard InChI is InChI=1S/C20H17N3O3S/c24-18(13-23-14-21-19-17(20(23)25)8-10-27-19)22(12-16-7-4-9-26-16)11-15-5-2-1-3-6-15/h1-10,14H,11-13H2. The molecule has 0 saturated carbocycles. The zero-order valence-electron chi connectivity index (χ0n) is 14.4. The van der Waals surface area contributed by atoms with Gasteiger partial charge in [-0.3, -0.25) is 14.2 Å². The van der Waals surface area contributed by atoms with Gasteiger partial charge in [0.2, 0.25) is 5.91 Å². The Balaban J connectivity index is 1.58. The van der Waals surface area contributed by atoms with E-state index in [2.05, 4.69) is 4.98 Å². The molecule has 4 rings (SSSR count). The maximum atomic E-state index is 13.0. The van der Waals surface area contributed by atoms with Gasteiger partial charge in [-0.15, -0.1) is 11.3 Å². The Labute approximate surface area is 159 Å². The first-order valence-corrected chi connectivity index (χ1v) is 9.35. The van der Waals surface area contributed by atoms with E-state index in [1.54, 1.807) is 23.3 Å². The van der Waals surface area contributed by atoms with Crippen molar-refractivity contribution >= 4 is 27.5 Å². The lowest BCUT2D eigenvalue weighted by atomic mass is 10.2. The summed E-state index contributed by atoms with van der Waals surface area (Å²) in [6.45, 7) is 0.706. The molecule has 4 aromatic rings. The molecule has 136 valence electrons. The summed E-state index contributed by atoms with van der Waals surface area (Å²) in [4.78, 5) is 32.2. The molecule has 0 fully saturated rings. The van der Waals surface area contributed by atoms with Crippen molar-refractivity contribution in [3.05, 3.63) is 88.2 Å². The summed E-state index contributed by atoms with van der Waals surface area (Å²) in [5.74, 6) is 0.520. The number of amides is 1. The molecule has 0 bridgehead atoms. The van der Waals surface area contributed by atoms with Crippen molar-refractivity contribution in [1.29, 1.82) is 0 Å². The van der Waals surface area contributed by atoms with Gasteiger partial charge in [-0.25, -0.2) is 4.98 Å². The predicted octanol–water partition coefficient (Wildman–Crippen LogP) is 3.28. The summed E-state index contributed by atoms with van der Waals surface area (Å²) in [6, 6.07) is 15.1. The van der Waals surface area contributed by atoms with Gasteiger partial charge in [0.15, 0.2) is 0 Å². The SMILES string of the molecule is O=C(Cn1cnc2sccc2c1=O)N(Cc1ccccc1)Cc1ccco1. The molecule has 0 N–H and O–H groups in total. The number of carbonyl (C=O) groups is 1. The van der Waals surface area contributed by atoms with Gasteiger partial charge in [0, 0.05) is 6.54 Å². The molecule has 0 aliphatic rings. The minimum atomic E-state index is -0.202. The fourth-order valence-electron chi connectivity index (χ4n) is 2.88. The lowest BCUT2D eigenvalue weighted by Gasteiger charge is -2.22. The number of nitrogens with zero attached hydrogens (tertiary/aromatic N) is 3. The highest BCUT2D eigenvalue weighted by Gasteiger charge is 2.18. The van der Waals surface area contributed by atoms with E-state index >= 15 is 0 Å². The summed E-state index contributed by atoms with van der Waals surface area (Å²) < 4.78 is 6.76. The minimum absolute atomic E-state index is 0.0643. The monoisotopic (exact) mass is 379 g/mol. The minimum Gasteiger partial charge on any atom is -0.467 e. The number of fused-ring (bicyclic) bond motifs is 1. The molecule has 27 heavy (non-hydrogen) atoms. The highest BCUT2D eigenvalue weighted by molar-refractivity contribution is 7.16. The Kier molecular flexibility index (Phi) is 4.84. The topological polar surface area (TPSA) is 68.3 Å². The third kappa shape index (κ3) is 3.83. The van der Waals surface area contributed by atoms with Gasteiger partial charge in [-0.1, -0.05) is 30.3 Å². The molecule has 3 aromatic heterocycles. The second-order valence-corrected chi connectivity index (χ2v) is 7.03. The van der Waals surface area contributed by atoms with Gasteiger partial charge in [0.25, 0.3) is 5.56 Å². The lowest BCUT2D eigenvalue weighted by molar-refractivity contribution is -0.133. The molecular formula is C20H17N3O3S. The normalized spacial score (nSPS) is 11.0. The first-order valence-electron chi connectivity index (χ1n) is 8.47. The number of hydrogen-bond acceptors (Lipinski definition) is 5. The Bertz CT molecular complexity index is 1100. The third-order valence-electron chi connectivity index (χ3n) is 4.25. The van der Waals surface area contributed by atoms with Crippen LogP contribution in [0.4, 0.5) is 0 Å². The van der Waals surface area contributed by atoms with Gasteiger partial charge in [-0.2, -0.15) is 0 Å². The Morgan fingerprint density at radius 2 is 1.96 bits per heavy atom. The van der Waals surface area contributed by atoms with Crippen molar-refractivity contribution in [2.24, 2.45) is 0 Å². The molecule has 7 heteroatoms. The average Bonchev–Trinajstić information content (AvgIpc) is 3.36. The van der Waals surface area contributed by atoms with Crippen LogP contribution < -0.4 is 5.56 Å². The van der Waals surface area contributed by atoms with E-state index in [1.165, 1.54) is 22.2 Å². The van der Waals surface area contributed by atoms with Crippen molar-refractivity contribution in [3.63, 3.8) is 0 Å². The molecule has 0 radical (unpaired) electrons. The quantitative estimate of drug-likeness (QED) is 0.516. The molecule has 6 nitrogen and oxygen atoms in total. The molecule has 0 saturated heterocycles. The van der Waals surface area contributed by atoms with E-state index in [0.29, 0.717) is 29.1 Å². The first kappa shape index (κ1) is 17.2. The number of hydrogen-bond donors (Lipinski definition) is 0. The molecule has 0 atom stereocenters. The fraction of sp³-hybridized carbons (Fsp3) is 0.150. The van der Waals surface area contributed by atoms with Gasteiger partial charge in [0.1, 0.15) is 17.1 Å². The predicted molar refractivity (Wildman–Crippen MR) is 103 cm³/mol. The molecule has 0 aliphatic carbocycles. The van der Waals surface area contributed by atoms with Crippen molar-refractivity contribution in [2.45, 2.75) is 19.6 Å². The molecule has 0 spiro atoms. The molecule has 3 heterocycles. The molecule has 1 amide bonds. The van der Waals surface area contributed by atoms with E-state index in [4.69, 9.17) is 4.42 Å². The number of thiophene rings is 1. The average molecular weight is 379 g/mol. The zero-order valence-corrected chi connectivity index (χ0v) is 15.3. The van der Waals surface area contributed by atoms with E-state index in [-0.39, 0.29) is 18.0 Å². The van der Waals surface area contributed by atoms with E-state index in [0.717, 1.165) is 5.56 Å². The number of rotatable bonds is 6. The zero-order chi connectivity index (χ0) is 18.6. The van der Waals surface area contributed by atoms with Crippen LogP contribution in [-0.2, 0) is 24.4 Å². The second kappa shape index (κ2) is 7.59. The van der Waals surface area contributed by atoms with Crippen LogP contribution in [0, 0.1) is 0 Å². The maximum Gasteiger partial charge on any atom is 0.262 e. The Morgan fingerprint density at radius 1 is 1.11 bits per heavy atom. The lowest BCUT2D eigenvalue weighted by Crippen LogP contribution is -2.35. The first-order chi connectivity index (χ1) is 13.2. The molecule has 0 unspecified atom stereocenters. The third-order valence-corrected chi connectivity index (χ3v) is 5.07. The van der Waals surface area contributed by atoms with Crippen LogP contribution in [0.5, 0.6) is 0 Å². The molecular weight excluding hydrogens is 362 g/mol. The Morgan fingerprint density at radius 3 is 2.74 bits per heavy atom. The van der Waals surface area contributed by atoms with Crippen LogP contribution in [0.15, 0.2) is 75.7 Å². The number of aromatic nitrogens is 2. The van der Waals surface area contributed by atoms with Gasteiger partial charge >= 0.3 is 0 Å². The maximum absolute atomic E-state index is 13.0. The fourth-order valence-corrected chi connectivity index (χ4v) is 3.60. The second-order valence-electron chi connectivity index (χ2n) is 6.13. The number of benzene rings is 1. The summed E-state index contributed by atoms with van der Waals surface area (Å²) in [7, 11) is 0. The van der Waals surface area contributed by atoms with Crippen molar-refractivity contribution < 1.29 is 9.21 Å². The van der Waals surface area contributed by atoms with Gasteiger partial charge in [-0.05, 0) is 29.1 Å². The molecule has 0 aliphatic heterocycles. The summed E-state index contributed by atoms with van der Waals surface area (Å²) in [5.41, 5.74) is 0.809. The number of carbonyl (C=O) groups excluding carboxylic acids is 1. The van der Waals surface area contributed by atoms with Crippen LogP contribution >= 0.6 is 11.3 Å². The Hall–Kier alpha value is -3.19. The van der Waals surface area contributed by atoms with Crippen LogP contribution in [0.25, 0.3) is 10.2 Å². The van der Waals surface area contributed by atoms with Crippen LogP contribution in [-0.4, -0.2) is 20.4 Å². The summed E-state index contributed by atoms with van der Waals surface area (Å²) in [6.07, 6.45) is 3.02. The smallest absolute Gasteiger partial charge is 0.262 e. The van der Waals surface area contributed by atoms with Gasteiger partial charge in [0.05, 0.1) is 24.5 Å². The number of furan rings is 1. The van der Waals surface area contributed by atoms with E-state index in [1.807, 2.05) is 41.8 Å². The van der Waals surface area contributed by atoms with Crippen molar-refractivity contribution in [1.82, 2.24) is 14.5 Å². The van der Waals surface area contributed by atoms with Crippen molar-refractivity contribution in [3.8, 4) is 0 Å². The summed E-state index contributed by atoms with van der Waals surface area (Å²) in [5, 5.41) is 2.36. The van der Waals surface area contributed by atoms with Crippen LogP contribution in [0.3, 0.4) is 0 Å². The highest BCUT2D eigenvalue weighted by atomic mass is 32.1. The van der Waals surface area contributed by atoms with E-state index in [9.17, 15) is 9.59 Å². The van der Waals surface area contributed by atoms with Crippen LogP contribution in [0.1, 0.15) is 11.3 Å². The van der Waals surface area contributed by atoms with E-state index < -0.39 is 0 Å².